The number of rotatable bonds is 7. The second kappa shape index (κ2) is 8.91. The van der Waals surface area contributed by atoms with Gasteiger partial charge in [0, 0.05) is 46.8 Å². The van der Waals surface area contributed by atoms with Crippen LogP contribution < -0.4 is 11.5 Å². The third kappa shape index (κ3) is 4.85. The minimum absolute atomic E-state index is 0.157. The van der Waals surface area contributed by atoms with Crippen LogP contribution in [0.4, 0.5) is 0 Å². The van der Waals surface area contributed by atoms with Gasteiger partial charge in [-0.1, -0.05) is 0 Å². The van der Waals surface area contributed by atoms with Gasteiger partial charge < -0.3 is 20.3 Å². The number of benzene rings is 2. The van der Waals surface area contributed by atoms with Crippen molar-refractivity contribution in [3.63, 3.8) is 0 Å². The Kier molecular flexibility index (Phi) is 6.04. The van der Waals surface area contributed by atoms with Crippen molar-refractivity contribution in [2.75, 3.05) is 0 Å². The number of furan rings is 2. The molecule has 2 aromatic heterocycles. The van der Waals surface area contributed by atoms with Crippen LogP contribution in [0.25, 0.3) is 21.9 Å². The lowest BCUT2D eigenvalue weighted by molar-refractivity contribution is 0.510. The monoisotopic (exact) mass is 430 g/mol. The summed E-state index contributed by atoms with van der Waals surface area (Å²) in [6.07, 6.45) is 1.48. The number of hydrogen-bond donors (Lipinski definition) is 2. The Labute approximate surface area is 188 Å². The zero-order chi connectivity index (χ0) is 22.8. The van der Waals surface area contributed by atoms with E-state index in [1.807, 2.05) is 64.1 Å². The van der Waals surface area contributed by atoms with E-state index in [2.05, 4.69) is 22.1 Å². The number of aliphatic imine (C=N–C) groups is 2. The van der Waals surface area contributed by atoms with Crippen LogP contribution in [0.2, 0.25) is 0 Å². The van der Waals surface area contributed by atoms with Gasteiger partial charge in [-0.2, -0.15) is 0 Å². The van der Waals surface area contributed by atoms with Gasteiger partial charge in [-0.05, 0) is 76.2 Å². The molecule has 0 unspecified atom stereocenters. The number of amidine groups is 2. The summed E-state index contributed by atoms with van der Waals surface area (Å²) < 4.78 is 12.0. The lowest BCUT2D eigenvalue weighted by Gasteiger charge is -2.03. The van der Waals surface area contributed by atoms with Gasteiger partial charge in [-0.15, -0.1) is 0 Å². The van der Waals surface area contributed by atoms with E-state index in [-0.39, 0.29) is 12.1 Å². The van der Waals surface area contributed by atoms with Crippen molar-refractivity contribution in [3.05, 3.63) is 71.2 Å². The highest BCUT2D eigenvalue weighted by atomic mass is 16.3. The van der Waals surface area contributed by atoms with E-state index in [9.17, 15) is 0 Å². The Morgan fingerprint density at radius 1 is 0.688 bits per heavy atom. The molecule has 0 aliphatic heterocycles. The van der Waals surface area contributed by atoms with Crippen molar-refractivity contribution >= 4 is 33.6 Å². The average molecular weight is 431 g/mol. The third-order valence-corrected chi connectivity index (χ3v) is 5.14. The second-order valence-corrected chi connectivity index (χ2v) is 8.65. The van der Waals surface area contributed by atoms with Crippen LogP contribution in [0.5, 0.6) is 0 Å². The van der Waals surface area contributed by atoms with Crippen LogP contribution in [-0.4, -0.2) is 23.8 Å². The lowest BCUT2D eigenvalue weighted by atomic mass is 10.1. The van der Waals surface area contributed by atoms with E-state index in [1.165, 1.54) is 0 Å². The molecule has 0 fully saturated rings. The molecule has 0 radical (unpaired) electrons. The fourth-order valence-corrected chi connectivity index (χ4v) is 3.71. The van der Waals surface area contributed by atoms with Crippen molar-refractivity contribution < 1.29 is 8.83 Å². The maximum absolute atomic E-state index is 6.11. The number of nitrogens with zero attached hydrogens (tertiary/aromatic N) is 2. The standard InChI is InChI=1S/C26H30N4O2/c1-15(2)29-25(27)17-5-9-23-19(11-17)13-21(31-23)7-8-22-14-20-12-18(6-10-24(20)32-22)26(28)30-16(3)4/h5-6,9-16H,7-8H2,1-4H3,(H2,27,29)(H2,28,30). The minimum Gasteiger partial charge on any atom is -0.461 e. The Balaban J connectivity index is 1.50. The predicted molar refractivity (Wildman–Crippen MR) is 132 cm³/mol. The van der Waals surface area contributed by atoms with Gasteiger partial charge in [0.05, 0.1) is 0 Å². The molecule has 2 aromatic carbocycles. The first-order valence-corrected chi connectivity index (χ1v) is 11.0. The number of hydrogen-bond acceptors (Lipinski definition) is 4. The van der Waals surface area contributed by atoms with Gasteiger partial charge in [0.25, 0.3) is 0 Å². The maximum atomic E-state index is 6.11. The molecule has 6 heteroatoms. The van der Waals surface area contributed by atoms with Crippen LogP contribution >= 0.6 is 0 Å². The first kappa shape index (κ1) is 21.7. The molecule has 4 N–H and O–H groups in total. The summed E-state index contributed by atoms with van der Waals surface area (Å²) in [5.74, 6) is 2.91. The molecule has 0 amide bonds. The summed E-state index contributed by atoms with van der Waals surface area (Å²) in [5, 5.41) is 2.04. The molecule has 0 aliphatic carbocycles. The summed E-state index contributed by atoms with van der Waals surface area (Å²) in [6.45, 7) is 8.03. The van der Waals surface area contributed by atoms with Crippen molar-refractivity contribution in [1.82, 2.24) is 0 Å². The van der Waals surface area contributed by atoms with Gasteiger partial charge in [0.15, 0.2) is 0 Å². The van der Waals surface area contributed by atoms with Crippen LogP contribution in [0.15, 0.2) is 67.4 Å². The van der Waals surface area contributed by atoms with Gasteiger partial charge in [0.1, 0.15) is 34.4 Å². The van der Waals surface area contributed by atoms with E-state index in [1.54, 1.807) is 0 Å². The first-order chi connectivity index (χ1) is 15.3. The van der Waals surface area contributed by atoms with Crippen molar-refractivity contribution in [3.8, 4) is 0 Å². The van der Waals surface area contributed by atoms with Gasteiger partial charge in [-0.3, -0.25) is 9.98 Å². The topological polar surface area (TPSA) is 103 Å². The first-order valence-electron chi connectivity index (χ1n) is 11.0. The SMILES string of the molecule is CC(C)N=C(N)c1ccc2oc(CCc3cc4cc(C(N)=NC(C)C)ccc4o3)cc2c1. The van der Waals surface area contributed by atoms with Crippen molar-refractivity contribution in [2.45, 2.75) is 52.6 Å². The van der Waals surface area contributed by atoms with Crippen LogP contribution in [0.3, 0.4) is 0 Å². The van der Waals surface area contributed by atoms with Gasteiger partial charge in [0.2, 0.25) is 0 Å². The summed E-state index contributed by atoms with van der Waals surface area (Å²) in [6, 6.07) is 16.3. The Hall–Kier alpha value is -3.54. The van der Waals surface area contributed by atoms with Crippen LogP contribution in [0.1, 0.15) is 50.3 Å². The molecule has 4 rings (SSSR count). The van der Waals surface area contributed by atoms with Crippen LogP contribution in [-0.2, 0) is 12.8 Å². The summed E-state index contributed by atoms with van der Waals surface area (Å²) in [4.78, 5) is 8.85. The summed E-state index contributed by atoms with van der Waals surface area (Å²) >= 11 is 0. The third-order valence-electron chi connectivity index (χ3n) is 5.14. The van der Waals surface area contributed by atoms with Gasteiger partial charge >= 0.3 is 0 Å². The molecule has 6 nitrogen and oxygen atoms in total. The minimum atomic E-state index is 0.157. The smallest absolute Gasteiger partial charge is 0.134 e. The lowest BCUT2D eigenvalue weighted by Crippen LogP contribution is -2.15. The quantitative estimate of drug-likeness (QED) is 0.311. The molecule has 0 aliphatic rings. The molecule has 32 heavy (non-hydrogen) atoms. The zero-order valence-corrected chi connectivity index (χ0v) is 19.1. The van der Waals surface area contributed by atoms with E-state index in [0.29, 0.717) is 11.7 Å². The highest BCUT2D eigenvalue weighted by molar-refractivity contribution is 6.01. The van der Waals surface area contributed by atoms with Gasteiger partial charge in [-0.25, -0.2) is 0 Å². The molecular formula is C26H30N4O2. The maximum Gasteiger partial charge on any atom is 0.134 e. The Morgan fingerprint density at radius 3 is 1.47 bits per heavy atom. The molecule has 0 saturated carbocycles. The van der Waals surface area contributed by atoms with E-state index >= 15 is 0 Å². The number of aryl methyl sites for hydroxylation is 2. The second-order valence-electron chi connectivity index (χ2n) is 8.65. The Bertz CT molecular complexity index is 1210. The highest BCUT2D eigenvalue weighted by Gasteiger charge is 2.10. The van der Waals surface area contributed by atoms with E-state index in [0.717, 1.165) is 57.4 Å². The normalized spacial score (nSPS) is 13.2. The fraction of sp³-hybridized carbons (Fsp3) is 0.308. The van der Waals surface area contributed by atoms with Crippen molar-refractivity contribution in [1.29, 1.82) is 0 Å². The highest BCUT2D eigenvalue weighted by Crippen LogP contribution is 2.25. The molecule has 0 spiro atoms. The molecule has 0 atom stereocenters. The van der Waals surface area contributed by atoms with Crippen molar-refractivity contribution in [2.24, 2.45) is 21.5 Å². The molecule has 166 valence electrons. The number of nitrogens with two attached hydrogens (primary N) is 2. The summed E-state index contributed by atoms with van der Waals surface area (Å²) in [5.41, 5.74) is 15.7. The zero-order valence-electron chi connectivity index (χ0n) is 19.1. The fourth-order valence-electron chi connectivity index (χ4n) is 3.71. The molecule has 0 saturated heterocycles. The van der Waals surface area contributed by atoms with Crippen LogP contribution in [0, 0.1) is 0 Å². The number of fused-ring (bicyclic) bond motifs is 2. The molecule has 2 heterocycles. The molecule has 0 bridgehead atoms. The average Bonchev–Trinajstić information content (AvgIpc) is 3.33. The van der Waals surface area contributed by atoms with E-state index in [4.69, 9.17) is 20.3 Å². The molecule has 4 aromatic rings. The molecular weight excluding hydrogens is 400 g/mol. The summed E-state index contributed by atoms with van der Waals surface area (Å²) in [7, 11) is 0. The predicted octanol–water partition coefficient (Wildman–Crippen LogP) is 5.19. The Morgan fingerprint density at radius 2 is 1.09 bits per heavy atom. The van der Waals surface area contributed by atoms with E-state index < -0.39 is 0 Å². The largest absolute Gasteiger partial charge is 0.461 e.